The molecule has 2 fully saturated rings. The fraction of sp³-hybridized carbons (Fsp3) is 0.536. The molecule has 378 valence electrons. The zero-order valence-electron chi connectivity index (χ0n) is 41.5. The maximum atomic E-state index is 13.0. The SMILES string of the molecule is CCC1(COCCCCCCOc2ccc(C)cc2)COC1.CCCC(=O)Oc1ccc(S(=O)(=O)c2ccc(OC(=O)CCc3ccc(OCCCCCCOCC4(CC)COC4)cc3)cc2)cc1. The van der Waals surface area contributed by atoms with Gasteiger partial charge in [-0.1, -0.05) is 63.4 Å². The molecule has 2 aliphatic heterocycles. The molecule has 4 aromatic rings. The van der Waals surface area contributed by atoms with Crippen LogP contribution >= 0.6 is 0 Å². The van der Waals surface area contributed by atoms with E-state index in [-0.39, 0.29) is 45.5 Å². The summed E-state index contributed by atoms with van der Waals surface area (Å²) in [6.07, 6.45) is 12.8. The van der Waals surface area contributed by atoms with E-state index in [1.165, 1.54) is 66.9 Å². The summed E-state index contributed by atoms with van der Waals surface area (Å²) < 4.78 is 70.6. The lowest BCUT2D eigenvalue weighted by molar-refractivity contribution is -0.150. The van der Waals surface area contributed by atoms with E-state index in [1.807, 2.05) is 43.3 Å². The average molecular weight is 973 g/mol. The van der Waals surface area contributed by atoms with Crippen molar-refractivity contribution < 1.29 is 55.9 Å². The summed E-state index contributed by atoms with van der Waals surface area (Å²) in [5.41, 5.74) is 2.83. The number of carbonyl (C=O) groups is 2. The Morgan fingerprint density at radius 2 is 0.899 bits per heavy atom. The lowest BCUT2D eigenvalue weighted by Crippen LogP contribution is -2.45. The summed E-state index contributed by atoms with van der Waals surface area (Å²) in [6, 6.07) is 27.4. The van der Waals surface area contributed by atoms with Crippen molar-refractivity contribution in [1.82, 2.24) is 0 Å². The number of esters is 2. The van der Waals surface area contributed by atoms with Crippen LogP contribution in [0.15, 0.2) is 107 Å². The number of unbranched alkanes of at least 4 members (excludes halogenated alkanes) is 6. The van der Waals surface area contributed by atoms with Gasteiger partial charge in [0.1, 0.15) is 23.0 Å². The van der Waals surface area contributed by atoms with E-state index >= 15 is 0 Å². The summed E-state index contributed by atoms with van der Waals surface area (Å²) in [4.78, 5) is 24.2. The molecule has 2 heterocycles. The number of benzene rings is 4. The molecule has 0 atom stereocenters. The van der Waals surface area contributed by atoms with Crippen molar-refractivity contribution in [1.29, 1.82) is 0 Å². The van der Waals surface area contributed by atoms with Gasteiger partial charge in [0, 0.05) is 36.9 Å². The second-order valence-corrected chi connectivity index (χ2v) is 20.4. The van der Waals surface area contributed by atoms with Crippen LogP contribution in [0.25, 0.3) is 0 Å². The first kappa shape index (κ1) is 55.1. The van der Waals surface area contributed by atoms with E-state index in [0.29, 0.717) is 24.9 Å². The Labute approximate surface area is 411 Å². The van der Waals surface area contributed by atoms with Gasteiger partial charge < -0.3 is 37.9 Å². The second-order valence-electron chi connectivity index (χ2n) is 18.4. The van der Waals surface area contributed by atoms with Crippen LogP contribution in [0.3, 0.4) is 0 Å². The zero-order chi connectivity index (χ0) is 49.2. The first-order chi connectivity index (χ1) is 33.5. The summed E-state index contributed by atoms with van der Waals surface area (Å²) in [7, 11) is -3.81. The highest BCUT2D eigenvalue weighted by molar-refractivity contribution is 7.91. The van der Waals surface area contributed by atoms with E-state index in [4.69, 9.17) is 37.9 Å². The van der Waals surface area contributed by atoms with Gasteiger partial charge in [0.25, 0.3) is 0 Å². The predicted molar refractivity (Wildman–Crippen MR) is 267 cm³/mol. The Morgan fingerprint density at radius 3 is 1.29 bits per heavy atom. The van der Waals surface area contributed by atoms with Gasteiger partial charge in [0.15, 0.2) is 0 Å². The Balaban J connectivity index is 0.000000336. The Bertz CT molecular complexity index is 2170. The fourth-order valence-corrected chi connectivity index (χ4v) is 8.81. The normalized spacial score (nSPS) is 14.6. The highest BCUT2D eigenvalue weighted by Crippen LogP contribution is 2.32. The van der Waals surface area contributed by atoms with Crippen molar-refractivity contribution in [2.45, 2.75) is 127 Å². The summed E-state index contributed by atoms with van der Waals surface area (Å²) in [6.45, 7) is 16.6. The van der Waals surface area contributed by atoms with Crippen molar-refractivity contribution in [2.24, 2.45) is 10.8 Å². The molecule has 12 nitrogen and oxygen atoms in total. The molecule has 0 aromatic heterocycles. The number of sulfone groups is 1. The largest absolute Gasteiger partial charge is 0.494 e. The van der Waals surface area contributed by atoms with Crippen LogP contribution in [-0.2, 0) is 44.8 Å². The molecule has 0 bridgehead atoms. The maximum absolute atomic E-state index is 13.0. The average Bonchev–Trinajstić information content (AvgIpc) is 3.33. The van der Waals surface area contributed by atoms with E-state index in [0.717, 1.165) is 128 Å². The quantitative estimate of drug-likeness (QED) is 0.0269. The van der Waals surface area contributed by atoms with Gasteiger partial charge in [0.2, 0.25) is 9.84 Å². The standard InChI is InChI=1S/C37H46O9S.C19H30O3/c1-3-9-35(38)45-31-15-19-33(20-16-31)47(40,41)34-21-17-32(18-22-34)46-36(39)23-12-29-10-13-30(14-11-29)44-25-8-6-5-7-24-42-26-37(4-2)27-43-28-37;1-3-19(15-21-16-19)14-20-12-6-4-5-7-13-22-18-10-8-17(2)9-11-18/h10-11,13-22H,3-9,12,23-28H2,1-2H3;8-11H,3-7,12-16H2,1-2H3. The third-order valence-electron chi connectivity index (χ3n) is 12.6. The van der Waals surface area contributed by atoms with E-state index in [2.05, 4.69) is 32.9 Å². The van der Waals surface area contributed by atoms with Crippen LogP contribution in [0.1, 0.15) is 115 Å². The van der Waals surface area contributed by atoms with Crippen molar-refractivity contribution in [3.05, 3.63) is 108 Å². The van der Waals surface area contributed by atoms with Crippen LogP contribution in [0.4, 0.5) is 0 Å². The number of aryl methyl sites for hydroxylation is 2. The van der Waals surface area contributed by atoms with Crippen LogP contribution in [0.2, 0.25) is 0 Å². The number of hydrogen-bond donors (Lipinski definition) is 0. The molecule has 0 amide bonds. The van der Waals surface area contributed by atoms with Crippen LogP contribution in [-0.4, -0.2) is 86.4 Å². The molecule has 69 heavy (non-hydrogen) atoms. The van der Waals surface area contributed by atoms with E-state index in [9.17, 15) is 18.0 Å². The molecule has 2 saturated heterocycles. The number of hydrogen-bond acceptors (Lipinski definition) is 12. The summed E-state index contributed by atoms with van der Waals surface area (Å²) in [5.74, 6) is 1.54. The minimum atomic E-state index is -3.81. The molecule has 0 spiro atoms. The van der Waals surface area contributed by atoms with Gasteiger partial charge in [-0.15, -0.1) is 0 Å². The molecule has 2 aliphatic rings. The van der Waals surface area contributed by atoms with Gasteiger partial charge in [-0.05, 0) is 149 Å². The predicted octanol–water partition coefficient (Wildman–Crippen LogP) is 11.5. The third kappa shape index (κ3) is 19.1. The second kappa shape index (κ2) is 29.4. The minimum Gasteiger partial charge on any atom is -0.494 e. The van der Waals surface area contributed by atoms with E-state index in [1.54, 1.807) is 0 Å². The Kier molecular flexibility index (Phi) is 23.5. The van der Waals surface area contributed by atoms with Crippen LogP contribution in [0.5, 0.6) is 23.0 Å². The maximum Gasteiger partial charge on any atom is 0.311 e. The summed E-state index contributed by atoms with van der Waals surface area (Å²) in [5, 5.41) is 0. The van der Waals surface area contributed by atoms with E-state index < -0.39 is 15.8 Å². The highest BCUT2D eigenvalue weighted by atomic mass is 32.2. The topological polar surface area (TPSA) is 142 Å². The van der Waals surface area contributed by atoms with Gasteiger partial charge >= 0.3 is 11.9 Å². The molecule has 13 heteroatoms. The summed E-state index contributed by atoms with van der Waals surface area (Å²) >= 11 is 0. The van der Waals surface area contributed by atoms with Gasteiger partial charge in [-0.2, -0.15) is 0 Å². The lowest BCUT2D eigenvalue weighted by Gasteiger charge is -2.40. The van der Waals surface area contributed by atoms with Crippen LogP contribution < -0.4 is 18.9 Å². The van der Waals surface area contributed by atoms with Crippen molar-refractivity contribution in [2.75, 3.05) is 66.1 Å². The Morgan fingerprint density at radius 1 is 0.507 bits per heavy atom. The molecular formula is C56H76O12S. The Hall–Kier alpha value is -4.79. The number of ether oxygens (including phenoxy) is 8. The molecule has 4 aromatic carbocycles. The van der Waals surface area contributed by atoms with Gasteiger partial charge in [-0.25, -0.2) is 8.42 Å². The van der Waals surface area contributed by atoms with Crippen molar-refractivity contribution >= 4 is 21.8 Å². The monoisotopic (exact) mass is 973 g/mol. The lowest BCUT2D eigenvalue weighted by atomic mass is 9.84. The molecule has 0 N–H and O–H groups in total. The van der Waals surface area contributed by atoms with Crippen molar-refractivity contribution in [3.63, 3.8) is 0 Å². The zero-order valence-corrected chi connectivity index (χ0v) is 42.3. The number of carbonyl (C=O) groups excluding carboxylic acids is 2. The highest BCUT2D eigenvalue weighted by Gasteiger charge is 2.37. The van der Waals surface area contributed by atoms with Gasteiger partial charge in [0.05, 0.1) is 62.6 Å². The molecule has 0 radical (unpaired) electrons. The molecule has 0 unspecified atom stereocenters. The van der Waals surface area contributed by atoms with Gasteiger partial charge in [-0.3, -0.25) is 9.59 Å². The first-order valence-electron chi connectivity index (χ1n) is 25.1. The van der Waals surface area contributed by atoms with Crippen LogP contribution in [0, 0.1) is 17.8 Å². The third-order valence-corrected chi connectivity index (χ3v) is 14.4. The van der Waals surface area contributed by atoms with Crippen molar-refractivity contribution in [3.8, 4) is 23.0 Å². The number of rotatable bonds is 31. The minimum absolute atomic E-state index is 0.0561. The molecule has 6 rings (SSSR count). The fourth-order valence-electron chi connectivity index (χ4n) is 7.55. The molecule has 0 saturated carbocycles. The molecular weight excluding hydrogens is 897 g/mol. The smallest absolute Gasteiger partial charge is 0.311 e. The first-order valence-corrected chi connectivity index (χ1v) is 26.5. The molecule has 0 aliphatic carbocycles.